The molecule has 1 N–H and O–H groups in total. The van der Waals surface area contributed by atoms with Gasteiger partial charge in [0.25, 0.3) is 10.0 Å². The van der Waals surface area contributed by atoms with Crippen LogP contribution in [-0.2, 0) is 10.0 Å². The molecule has 2 aliphatic carbocycles. The fourth-order valence-electron chi connectivity index (χ4n) is 3.71. The maximum Gasteiger partial charge on any atom is 0.276 e. The van der Waals surface area contributed by atoms with Crippen LogP contribution in [0.2, 0.25) is 0 Å². The summed E-state index contributed by atoms with van der Waals surface area (Å²) in [6.07, 6.45) is 3.28. The van der Waals surface area contributed by atoms with E-state index in [0.717, 1.165) is 24.1 Å². The molecule has 21 heavy (non-hydrogen) atoms. The summed E-state index contributed by atoms with van der Waals surface area (Å²) in [5.74, 6) is 1.26. The molecule has 0 heterocycles. The van der Waals surface area contributed by atoms with E-state index in [4.69, 9.17) is 0 Å². The van der Waals surface area contributed by atoms with E-state index < -0.39 is 10.0 Å². The van der Waals surface area contributed by atoms with Gasteiger partial charge in [-0.1, -0.05) is 31.5 Å². The number of hydrazone groups is 1. The van der Waals surface area contributed by atoms with Gasteiger partial charge in [-0.2, -0.15) is 13.5 Å². The predicted octanol–water partition coefficient (Wildman–Crippen LogP) is 3.09. The normalized spacial score (nSPS) is 33.6. The van der Waals surface area contributed by atoms with Crippen LogP contribution in [0, 0.1) is 24.2 Å². The number of nitrogens with zero attached hydrogens (tertiary/aromatic N) is 1. The Morgan fingerprint density at radius 1 is 1.29 bits per heavy atom. The molecule has 0 unspecified atom stereocenters. The third-order valence-corrected chi connectivity index (χ3v) is 6.72. The molecule has 1 aromatic rings. The van der Waals surface area contributed by atoms with E-state index in [2.05, 4.69) is 23.8 Å². The molecule has 114 valence electrons. The van der Waals surface area contributed by atoms with E-state index in [9.17, 15) is 8.42 Å². The molecule has 0 aromatic heterocycles. The van der Waals surface area contributed by atoms with Crippen LogP contribution in [0.1, 0.15) is 38.7 Å². The molecule has 5 heteroatoms. The van der Waals surface area contributed by atoms with Crippen LogP contribution >= 0.6 is 0 Å². The lowest BCUT2D eigenvalue weighted by atomic mass is 9.80. The zero-order valence-corrected chi connectivity index (χ0v) is 13.6. The van der Waals surface area contributed by atoms with E-state index in [1.165, 1.54) is 6.42 Å². The van der Waals surface area contributed by atoms with Crippen LogP contribution in [0.4, 0.5) is 0 Å². The summed E-state index contributed by atoms with van der Waals surface area (Å²) in [6.45, 7) is 6.40. The van der Waals surface area contributed by atoms with Crippen molar-refractivity contribution in [1.29, 1.82) is 0 Å². The molecule has 3 rings (SSSR count). The number of hydrogen-bond donors (Lipinski definition) is 1. The number of aryl methyl sites for hydroxylation is 1. The van der Waals surface area contributed by atoms with Crippen LogP contribution in [0.15, 0.2) is 34.3 Å². The molecule has 0 spiro atoms. The molecular weight excluding hydrogens is 284 g/mol. The Morgan fingerprint density at radius 3 is 2.48 bits per heavy atom. The maximum atomic E-state index is 12.3. The summed E-state index contributed by atoms with van der Waals surface area (Å²) in [7, 11) is -3.56. The van der Waals surface area contributed by atoms with Gasteiger partial charge in [0.2, 0.25) is 0 Å². The Hall–Kier alpha value is -1.36. The molecule has 4 nitrogen and oxygen atoms in total. The summed E-state index contributed by atoms with van der Waals surface area (Å²) < 4.78 is 24.5. The Morgan fingerprint density at radius 2 is 1.95 bits per heavy atom. The van der Waals surface area contributed by atoms with Crippen molar-refractivity contribution in [2.24, 2.45) is 22.4 Å². The van der Waals surface area contributed by atoms with Gasteiger partial charge in [0.1, 0.15) is 0 Å². The van der Waals surface area contributed by atoms with E-state index >= 15 is 0 Å². The Balaban J connectivity index is 1.81. The summed E-state index contributed by atoms with van der Waals surface area (Å²) >= 11 is 0. The fourth-order valence-corrected chi connectivity index (χ4v) is 4.54. The maximum absolute atomic E-state index is 12.3. The average molecular weight is 306 g/mol. The van der Waals surface area contributed by atoms with Gasteiger partial charge in [0.15, 0.2) is 0 Å². The first kappa shape index (κ1) is 14.6. The molecule has 3 atom stereocenters. The van der Waals surface area contributed by atoms with E-state index in [0.29, 0.717) is 11.8 Å². The number of hydrogen-bond acceptors (Lipinski definition) is 3. The monoisotopic (exact) mass is 306 g/mol. The molecule has 0 aliphatic heterocycles. The number of rotatable bonds is 3. The number of sulfonamides is 1. The molecule has 1 aromatic carbocycles. The minimum absolute atomic E-state index is 0.0699. The van der Waals surface area contributed by atoms with Gasteiger partial charge < -0.3 is 0 Å². The Kier molecular flexibility index (Phi) is 3.35. The van der Waals surface area contributed by atoms with Gasteiger partial charge in [-0.15, -0.1) is 0 Å². The molecule has 0 saturated heterocycles. The van der Waals surface area contributed by atoms with Crippen molar-refractivity contribution in [3.8, 4) is 0 Å². The minimum atomic E-state index is -3.56. The molecule has 2 saturated carbocycles. The number of benzene rings is 1. The molecule has 0 radical (unpaired) electrons. The standard InChI is InChI=1S/C16H22N2O2S/c1-11-4-6-14(7-5-11)21(19,20)18-17-15-10-13-8-9-16(15,3)12(13)2/h4-7,12-13,18H,8-10H2,1-3H3/b17-15-/t12-,13-,16-/m1/s1. The van der Waals surface area contributed by atoms with Crippen molar-refractivity contribution in [3.63, 3.8) is 0 Å². The highest BCUT2D eigenvalue weighted by atomic mass is 32.2. The highest BCUT2D eigenvalue weighted by Gasteiger charge is 2.52. The van der Waals surface area contributed by atoms with Gasteiger partial charge in [-0.3, -0.25) is 0 Å². The van der Waals surface area contributed by atoms with Crippen molar-refractivity contribution in [2.75, 3.05) is 0 Å². The van der Waals surface area contributed by atoms with Crippen LogP contribution in [0.3, 0.4) is 0 Å². The first-order valence-corrected chi connectivity index (χ1v) is 8.97. The second kappa shape index (κ2) is 4.83. The average Bonchev–Trinajstić information content (AvgIpc) is 2.85. The summed E-state index contributed by atoms with van der Waals surface area (Å²) in [4.78, 5) is 2.69. The van der Waals surface area contributed by atoms with Crippen molar-refractivity contribution >= 4 is 15.7 Å². The summed E-state index contributed by atoms with van der Waals surface area (Å²) in [6, 6.07) is 6.82. The van der Waals surface area contributed by atoms with Crippen LogP contribution in [-0.4, -0.2) is 14.1 Å². The zero-order chi connectivity index (χ0) is 15.3. The van der Waals surface area contributed by atoms with Crippen LogP contribution in [0.5, 0.6) is 0 Å². The molecule has 2 fully saturated rings. The van der Waals surface area contributed by atoms with Crippen molar-refractivity contribution in [1.82, 2.24) is 4.83 Å². The third kappa shape index (κ3) is 2.37. The van der Waals surface area contributed by atoms with Gasteiger partial charge in [0.05, 0.1) is 4.90 Å². The second-order valence-corrected chi connectivity index (χ2v) is 8.34. The Bertz CT molecular complexity index is 679. The summed E-state index contributed by atoms with van der Waals surface area (Å²) in [5.41, 5.74) is 2.12. The molecule has 2 bridgehead atoms. The Labute approximate surface area is 126 Å². The lowest BCUT2D eigenvalue weighted by molar-refractivity contribution is 0.354. The second-order valence-electron chi connectivity index (χ2n) is 6.68. The highest BCUT2D eigenvalue weighted by molar-refractivity contribution is 7.89. The number of nitrogens with one attached hydrogen (secondary N) is 1. The lowest BCUT2D eigenvalue weighted by Gasteiger charge is -2.25. The highest BCUT2D eigenvalue weighted by Crippen LogP contribution is 2.56. The van der Waals surface area contributed by atoms with Crippen molar-refractivity contribution < 1.29 is 8.42 Å². The largest absolute Gasteiger partial charge is 0.276 e. The van der Waals surface area contributed by atoms with E-state index in [1.807, 2.05) is 6.92 Å². The van der Waals surface area contributed by atoms with Crippen molar-refractivity contribution in [3.05, 3.63) is 29.8 Å². The van der Waals surface area contributed by atoms with Gasteiger partial charge in [-0.05, 0) is 50.2 Å². The van der Waals surface area contributed by atoms with E-state index in [-0.39, 0.29) is 10.3 Å². The topological polar surface area (TPSA) is 58.5 Å². The predicted molar refractivity (Wildman–Crippen MR) is 83.5 cm³/mol. The van der Waals surface area contributed by atoms with Crippen molar-refractivity contribution in [2.45, 2.75) is 44.9 Å². The van der Waals surface area contributed by atoms with Gasteiger partial charge >= 0.3 is 0 Å². The summed E-state index contributed by atoms with van der Waals surface area (Å²) in [5, 5.41) is 4.28. The van der Waals surface area contributed by atoms with Crippen LogP contribution in [0.25, 0.3) is 0 Å². The molecule has 0 amide bonds. The smallest absolute Gasteiger partial charge is 0.200 e. The number of fused-ring (bicyclic) bond motifs is 2. The zero-order valence-electron chi connectivity index (χ0n) is 12.8. The first-order chi connectivity index (χ1) is 9.83. The molecule has 2 aliphatic rings. The van der Waals surface area contributed by atoms with Crippen LogP contribution < -0.4 is 4.83 Å². The molecular formula is C16H22N2O2S. The third-order valence-electron chi connectivity index (χ3n) is 5.49. The van der Waals surface area contributed by atoms with Gasteiger partial charge in [-0.25, -0.2) is 4.83 Å². The van der Waals surface area contributed by atoms with E-state index in [1.54, 1.807) is 24.3 Å². The first-order valence-electron chi connectivity index (χ1n) is 7.48. The minimum Gasteiger partial charge on any atom is -0.200 e. The fraction of sp³-hybridized carbons (Fsp3) is 0.562. The van der Waals surface area contributed by atoms with Gasteiger partial charge in [0, 0.05) is 11.1 Å². The SMILES string of the molecule is Cc1ccc(S(=O)(=O)N/N=C2/C[C@H]3CC[C@]2(C)[C@@H]3C)cc1. The lowest BCUT2D eigenvalue weighted by Crippen LogP contribution is -2.29. The quantitative estimate of drug-likeness (QED) is 0.872.